The summed E-state index contributed by atoms with van der Waals surface area (Å²) in [5, 5.41) is 0. The van der Waals surface area contributed by atoms with E-state index in [0.29, 0.717) is 0 Å². The van der Waals surface area contributed by atoms with Crippen molar-refractivity contribution in [1.29, 1.82) is 0 Å². The Labute approximate surface area is 61.4 Å². The van der Waals surface area contributed by atoms with Gasteiger partial charge in [0.15, 0.2) is 0 Å². The van der Waals surface area contributed by atoms with Crippen LogP contribution in [0.3, 0.4) is 0 Å². The molecule has 0 rings (SSSR count). The molecule has 0 heterocycles. The van der Waals surface area contributed by atoms with Crippen LogP contribution in [0.4, 0.5) is 22.0 Å². The lowest BCUT2D eigenvalue weighted by Gasteiger charge is -2.17. The van der Waals surface area contributed by atoms with Gasteiger partial charge in [-0.2, -0.15) is 13.2 Å². The first-order valence-corrected chi connectivity index (χ1v) is 3.03. The second-order valence-corrected chi connectivity index (χ2v) is 2.12. The van der Waals surface area contributed by atoms with Crippen LogP contribution in [-0.4, -0.2) is 12.6 Å². The summed E-state index contributed by atoms with van der Waals surface area (Å²) in [6.45, 7) is 3.09. The molecule has 0 aliphatic rings. The molecule has 1 radical (unpaired) electrons. The maximum atomic E-state index is 11.7. The molecule has 5 heteroatoms. The highest BCUT2D eigenvalue weighted by Gasteiger charge is 2.44. The van der Waals surface area contributed by atoms with Crippen LogP contribution < -0.4 is 0 Å². The molecular formula is C6H8F5. The third-order valence-electron chi connectivity index (χ3n) is 1.24. The van der Waals surface area contributed by atoms with E-state index in [4.69, 9.17) is 0 Å². The quantitative estimate of drug-likeness (QED) is 0.578. The van der Waals surface area contributed by atoms with Crippen molar-refractivity contribution >= 4 is 0 Å². The monoisotopic (exact) mass is 175 g/mol. The zero-order valence-electron chi connectivity index (χ0n) is 5.67. The third kappa shape index (κ3) is 3.53. The predicted octanol–water partition coefficient (Wildman–Crippen LogP) is 3.04. The van der Waals surface area contributed by atoms with Crippen molar-refractivity contribution in [2.24, 2.45) is 5.92 Å². The van der Waals surface area contributed by atoms with Gasteiger partial charge < -0.3 is 0 Å². The maximum Gasteiger partial charge on any atom is 0.397 e. The Morgan fingerprint density at radius 1 is 1.18 bits per heavy atom. The summed E-state index contributed by atoms with van der Waals surface area (Å²) in [7, 11) is 0. The first-order chi connectivity index (χ1) is 4.89. The molecule has 0 aliphatic heterocycles. The van der Waals surface area contributed by atoms with Crippen LogP contribution >= 0.6 is 0 Å². The fourth-order valence-electron chi connectivity index (χ4n) is 0.652. The highest BCUT2D eigenvalue weighted by atomic mass is 19.4. The van der Waals surface area contributed by atoms with Crippen LogP contribution in [0.15, 0.2) is 0 Å². The summed E-state index contributed by atoms with van der Waals surface area (Å²) in [6.07, 6.45) is -8.88. The second kappa shape index (κ2) is 3.88. The van der Waals surface area contributed by atoms with Crippen LogP contribution in [0, 0.1) is 12.8 Å². The van der Waals surface area contributed by atoms with E-state index in [-0.39, 0.29) is 6.42 Å². The minimum absolute atomic E-state index is 0.130. The lowest BCUT2D eigenvalue weighted by Crippen LogP contribution is -2.29. The molecule has 0 saturated carbocycles. The molecule has 0 aromatic rings. The molecule has 0 aliphatic carbocycles. The lowest BCUT2D eigenvalue weighted by atomic mass is 10.0. The van der Waals surface area contributed by atoms with Gasteiger partial charge in [-0.05, 0) is 6.42 Å². The van der Waals surface area contributed by atoms with E-state index in [9.17, 15) is 22.0 Å². The summed E-state index contributed by atoms with van der Waals surface area (Å²) < 4.78 is 58.2. The van der Waals surface area contributed by atoms with Gasteiger partial charge in [0.05, 0.1) is 0 Å². The molecule has 1 unspecified atom stereocenters. The van der Waals surface area contributed by atoms with Crippen LogP contribution in [0.1, 0.15) is 12.8 Å². The zero-order valence-corrected chi connectivity index (χ0v) is 5.67. The molecule has 0 N–H and O–H groups in total. The Bertz CT molecular complexity index is 106. The summed E-state index contributed by atoms with van der Waals surface area (Å²) in [5.74, 6) is -2.51. The van der Waals surface area contributed by atoms with Gasteiger partial charge in [-0.3, -0.25) is 0 Å². The van der Waals surface area contributed by atoms with E-state index in [1.807, 2.05) is 0 Å². The average Bonchev–Trinajstić information content (AvgIpc) is 1.79. The summed E-state index contributed by atoms with van der Waals surface area (Å²) >= 11 is 0. The van der Waals surface area contributed by atoms with Crippen molar-refractivity contribution in [2.45, 2.75) is 25.4 Å². The fraction of sp³-hybridized carbons (Fsp3) is 0.833. The van der Waals surface area contributed by atoms with Gasteiger partial charge in [-0.15, -0.1) is 0 Å². The molecule has 0 amide bonds. The zero-order chi connectivity index (χ0) is 9.07. The topological polar surface area (TPSA) is 0 Å². The first-order valence-electron chi connectivity index (χ1n) is 3.03. The van der Waals surface area contributed by atoms with E-state index in [1.165, 1.54) is 0 Å². The van der Waals surface area contributed by atoms with Gasteiger partial charge in [0.2, 0.25) is 6.43 Å². The van der Waals surface area contributed by atoms with E-state index >= 15 is 0 Å². The minimum atomic E-state index is -4.80. The van der Waals surface area contributed by atoms with E-state index in [1.54, 1.807) is 0 Å². The Balaban J connectivity index is 4.10. The smallest absolute Gasteiger partial charge is 0.210 e. The molecule has 0 bridgehead atoms. The van der Waals surface area contributed by atoms with Crippen molar-refractivity contribution in [3.05, 3.63) is 6.92 Å². The van der Waals surface area contributed by atoms with Crippen molar-refractivity contribution < 1.29 is 22.0 Å². The van der Waals surface area contributed by atoms with Crippen LogP contribution in [0.25, 0.3) is 0 Å². The molecular weight excluding hydrogens is 167 g/mol. The van der Waals surface area contributed by atoms with Crippen molar-refractivity contribution in [2.75, 3.05) is 0 Å². The molecule has 0 aromatic heterocycles. The Morgan fingerprint density at radius 2 is 1.64 bits per heavy atom. The molecule has 11 heavy (non-hydrogen) atoms. The van der Waals surface area contributed by atoms with Crippen molar-refractivity contribution in [1.82, 2.24) is 0 Å². The Kier molecular flexibility index (Phi) is 3.75. The van der Waals surface area contributed by atoms with Crippen LogP contribution in [0.2, 0.25) is 0 Å². The molecule has 0 nitrogen and oxygen atoms in total. The van der Waals surface area contributed by atoms with Crippen molar-refractivity contribution in [3.8, 4) is 0 Å². The normalized spacial score (nSPS) is 15.5. The molecule has 0 spiro atoms. The summed E-state index contributed by atoms with van der Waals surface area (Å²) in [5.41, 5.74) is 0. The SMILES string of the molecule is [CH2]CCC(C(F)F)C(F)(F)F. The minimum Gasteiger partial charge on any atom is -0.210 e. The van der Waals surface area contributed by atoms with Gasteiger partial charge in [0, 0.05) is 0 Å². The van der Waals surface area contributed by atoms with Crippen molar-refractivity contribution in [3.63, 3.8) is 0 Å². The van der Waals surface area contributed by atoms with Crippen LogP contribution in [-0.2, 0) is 0 Å². The number of hydrogen-bond donors (Lipinski definition) is 0. The standard InChI is InChI=1S/C6H8F5/c1-2-3-4(5(7)8)6(9,10)11/h4-5H,1-3H2. The van der Waals surface area contributed by atoms with E-state index < -0.39 is 24.9 Å². The molecule has 0 aromatic carbocycles. The van der Waals surface area contributed by atoms with Gasteiger partial charge in [-0.1, -0.05) is 13.3 Å². The molecule has 0 fully saturated rings. The first kappa shape index (κ1) is 10.7. The maximum absolute atomic E-state index is 11.7. The van der Waals surface area contributed by atoms with Gasteiger partial charge in [0.25, 0.3) is 0 Å². The number of halogens is 5. The summed E-state index contributed by atoms with van der Waals surface area (Å²) in [6, 6.07) is 0. The molecule has 0 saturated heterocycles. The largest absolute Gasteiger partial charge is 0.397 e. The number of rotatable bonds is 3. The Hall–Kier alpha value is -0.350. The summed E-state index contributed by atoms with van der Waals surface area (Å²) in [4.78, 5) is 0. The second-order valence-electron chi connectivity index (χ2n) is 2.12. The van der Waals surface area contributed by atoms with Gasteiger partial charge >= 0.3 is 6.18 Å². The highest BCUT2D eigenvalue weighted by molar-refractivity contribution is 4.70. The fourth-order valence-corrected chi connectivity index (χ4v) is 0.652. The van der Waals surface area contributed by atoms with Gasteiger partial charge in [-0.25, -0.2) is 8.78 Å². The van der Waals surface area contributed by atoms with E-state index in [2.05, 4.69) is 6.92 Å². The third-order valence-corrected chi connectivity index (χ3v) is 1.24. The lowest BCUT2D eigenvalue weighted by molar-refractivity contribution is -0.208. The molecule has 67 valence electrons. The van der Waals surface area contributed by atoms with Crippen LogP contribution in [0.5, 0.6) is 0 Å². The van der Waals surface area contributed by atoms with Gasteiger partial charge in [0.1, 0.15) is 5.92 Å². The molecule has 1 atom stereocenters. The Morgan fingerprint density at radius 3 is 1.73 bits per heavy atom. The highest BCUT2D eigenvalue weighted by Crippen LogP contribution is 2.34. The van der Waals surface area contributed by atoms with E-state index in [0.717, 1.165) is 0 Å². The number of alkyl halides is 5. The number of hydrogen-bond acceptors (Lipinski definition) is 0. The average molecular weight is 175 g/mol. The predicted molar refractivity (Wildman–Crippen MR) is 30.1 cm³/mol.